The zero-order valence-corrected chi connectivity index (χ0v) is 19.7. The fourth-order valence-corrected chi connectivity index (χ4v) is 4.65. The van der Waals surface area contributed by atoms with Crippen LogP contribution in [0.5, 0.6) is 0 Å². The lowest BCUT2D eigenvalue weighted by Gasteiger charge is -2.30. The molecule has 0 N–H and O–H groups in total. The van der Waals surface area contributed by atoms with Crippen LogP contribution in [0.15, 0.2) is 51.5 Å². The van der Waals surface area contributed by atoms with E-state index in [1.54, 1.807) is 12.1 Å². The first-order chi connectivity index (χ1) is 15.0. The zero-order valence-electron chi connectivity index (χ0n) is 17.3. The molecule has 0 saturated heterocycles. The molecule has 3 aromatic rings. The fraction of sp³-hybridized carbons (Fsp3) is 0.250. The lowest BCUT2D eigenvalue weighted by Crippen LogP contribution is -2.48. The molecule has 2 aromatic carbocycles. The SMILES string of the molecule is CC(C(=O)N(C)Cc1nc(-c2cccc(Br)c2)no1)N(c1ccc(F)c(F)c1)S(C)(=O)=O. The quantitative estimate of drug-likeness (QED) is 0.464. The number of anilines is 1. The van der Waals surface area contributed by atoms with E-state index in [0.717, 1.165) is 33.2 Å². The molecule has 0 saturated carbocycles. The summed E-state index contributed by atoms with van der Waals surface area (Å²) in [5.41, 5.74) is 0.536. The number of aromatic nitrogens is 2. The third kappa shape index (κ3) is 5.30. The molecule has 3 rings (SSSR count). The second-order valence-corrected chi connectivity index (χ2v) is 9.82. The maximum Gasteiger partial charge on any atom is 0.246 e. The first kappa shape index (κ1) is 23.8. The van der Waals surface area contributed by atoms with Gasteiger partial charge in [0.25, 0.3) is 0 Å². The third-order valence-corrected chi connectivity index (χ3v) is 6.26. The Kier molecular flexibility index (Phi) is 6.94. The Balaban J connectivity index is 1.80. The van der Waals surface area contributed by atoms with Crippen molar-refractivity contribution in [1.29, 1.82) is 0 Å². The van der Waals surface area contributed by atoms with Gasteiger partial charge in [-0.2, -0.15) is 4.98 Å². The molecule has 0 aliphatic rings. The Morgan fingerprint density at radius 2 is 1.91 bits per heavy atom. The topological polar surface area (TPSA) is 96.6 Å². The molecule has 0 fully saturated rings. The molecule has 1 aromatic heterocycles. The van der Waals surface area contributed by atoms with Crippen molar-refractivity contribution in [2.24, 2.45) is 0 Å². The number of halogens is 3. The summed E-state index contributed by atoms with van der Waals surface area (Å²) in [5, 5.41) is 3.90. The Hall–Kier alpha value is -2.86. The van der Waals surface area contributed by atoms with E-state index in [4.69, 9.17) is 4.52 Å². The van der Waals surface area contributed by atoms with Gasteiger partial charge in [0.15, 0.2) is 11.6 Å². The lowest BCUT2D eigenvalue weighted by atomic mass is 10.2. The third-order valence-electron chi connectivity index (χ3n) is 4.52. The smallest absolute Gasteiger partial charge is 0.246 e. The number of hydrogen-bond donors (Lipinski definition) is 0. The van der Waals surface area contributed by atoms with Gasteiger partial charge in [-0.3, -0.25) is 9.10 Å². The van der Waals surface area contributed by atoms with Gasteiger partial charge in [-0.25, -0.2) is 17.2 Å². The predicted octanol–water partition coefficient (Wildman–Crippen LogP) is 3.59. The summed E-state index contributed by atoms with van der Waals surface area (Å²) in [6.45, 7) is 1.27. The summed E-state index contributed by atoms with van der Waals surface area (Å²) in [4.78, 5) is 18.4. The van der Waals surface area contributed by atoms with Crippen molar-refractivity contribution < 1.29 is 26.5 Å². The number of carbonyl (C=O) groups is 1. The van der Waals surface area contributed by atoms with Crippen LogP contribution in [0.4, 0.5) is 14.5 Å². The Morgan fingerprint density at radius 1 is 1.19 bits per heavy atom. The number of sulfonamides is 1. The van der Waals surface area contributed by atoms with E-state index in [0.29, 0.717) is 11.4 Å². The van der Waals surface area contributed by atoms with E-state index < -0.39 is 33.6 Å². The monoisotopic (exact) mass is 528 g/mol. The molecule has 1 unspecified atom stereocenters. The van der Waals surface area contributed by atoms with Crippen molar-refractivity contribution in [2.45, 2.75) is 19.5 Å². The minimum Gasteiger partial charge on any atom is -0.337 e. The van der Waals surface area contributed by atoms with Crippen molar-refractivity contribution in [1.82, 2.24) is 15.0 Å². The van der Waals surface area contributed by atoms with Crippen LogP contribution >= 0.6 is 15.9 Å². The molecule has 1 heterocycles. The van der Waals surface area contributed by atoms with Gasteiger partial charge in [-0.15, -0.1) is 0 Å². The van der Waals surface area contributed by atoms with Gasteiger partial charge in [-0.1, -0.05) is 33.2 Å². The molecule has 170 valence electrons. The van der Waals surface area contributed by atoms with Crippen LogP contribution in [0.25, 0.3) is 11.4 Å². The number of likely N-dealkylation sites (N-methyl/N-ethyl adjacent to an activating group) is 1. The summed E-state index contributed by atoms with van der Waals surface area (Å²) in [6.07, 6.45) is 0.875. The van der Waals surface area contributed by atoms with Crippen LogP contribution < -0.4 is 4.31 Å². The maximum absolute atomic E-state index is 13.7. The molecule has 0 bridgehead atoms. The van der Waals surface area contributed by atoms with E-state index in [9.17, 15) is 22.0 Å². The molecule has 0 aliphatic heterocycles. The summed E-state index contributed by atoms with van der Waals surface area (Å²) >= 11 is 3.36. The van der Waals surface area contributed by atoms with E-state index in [1.165, 1.54) is 18.9 Å². The van der Waals surface area contributed by atoms with E-state index in [-0.39, 0.29) is 18.1 Å². The predicted molar refractivity (Wildman–Crippen MR) is 117 cm³/mol. The molecule has 0 radical (unpaired) electrons. The van der Waals surface area contributed by atoms with Crippen LogP contribution in [0.3, 0.4) is 0 Å². The van der Waals surface area contributed by atoms with Gasteiger partial charge in [0, 0.05) is 23.2 Å². The van der Waals surface area contributed by atoms with Crippen molar-refractivity contribution in [3.8, 4) is 11.4 Å². The fourth-order valence-electron chi connectivity index (χ4n) is 3.09. The second-order valence-electron chi connectivity index (χ2n) is 7.05. The molecule has 1 amide bonds. The van der Waals surface area contributed by atoms with Gasteiger partial charge in [-0.05, 0) is 31.2 Å². The number of benzene rings is 2. The van der Waals surface area contributed by atoms with E-state index in [1.807, 2.05) is 12.1 Å². The highest BCUT2D eigenvalue weighted by Crippen LogP contribution is 2.24. The van der Waals surface area contributed by atoms with Crippen molar-refractivity contribution >= 4 is 37.5 Å². The van der Waals surface area contributed by atoms with Crippen molar-refractivity contribution in [3.05, 3.63) is 64.5 Å². The van der Waals surface area contributed by atoms with Crippen LogP contribution in [0.1, 0.15) is 12.8 Å². The lowest BCUT2D eigenvalue weighted by molar-refractivity contribution is -0.131. The van der Waals surface area contributed by atoms with Gasteiger partial charge >= 0.3 is 0 Å². The van der Waals surface area contributed by atoms with E-state index in [2.05, 4.69) is 26.1 Å². The van der Waals surface area contributed by atoms with Gasteiger partial charge in [0.2, 0.25) is 27.6 Å². The summed E-state index contributed by atoms with van der Waals surface area (Å²) in [5.74, 6) is -2.50. The average Bonchev–Trinajstić information content (AvgIpc) is 3.17. The maximum atomic E-state index is 13.7. The van der Waals surface area contributed by atoms with Gasteiger partial charge < -0.3 is 9.42 Å². The summed E-state index contributed by atoms with van der Waals surface area (Å²) < 4.78 is 58.4. The molecule has 0 spiro atoms. The molecular weight excluding hydrogens is 510 g/mol. The van der Waals surface area contributed by atoms with Crippen LogP contribution in [0.2, 0.25) is 0 Å². The zero-order chi connectivity index (χ0) is 23.6. The number of amides is 1. The average molecular weight is 529 g/mol. The Labute approximate surface area is 192 Å². The molecule has 8 nitrogen and oxygen atoms in total. The van der Waals surface area contributed by atoms with Crippen LogP contribution in [-0.4, -0.2) is 48.7 Å². The van der Waals surface area contributed by atoms with Gasteiger partial charge in [0.1, 0.15) is 6.04 Å². The number of rotatable bonds is 7. The summed E-state index contributed by atoms with van der Waals surface area (Å²) in [6, 6.07) is 8.62. The number of carbonyl (C=O) groups excluding carboxylic acids is 1. The Morgan fingerprint density at radius 3 is 2.53 bits per heavy atom. The van der Waals surface area contributed by atoms with Crippen LogP contribution in [0, 0.1) is 11.6 Å². The minimum atomic E-state index is -3.99. The number of nitrogens with zero attached hydrogens (tertiary/aromatic N) is 4. The number of hydrogen-bond acceptors (Lipinski definition) is 6. The largest absolute Gasteiger partial charge is 0.337 e. The van der Waals surface area contributed by atoms with Crippen molar-refractivity contribution in [3.63, 3.8) is 0 Å². The standard InChI is InChI=1S/C20H19BrF2N4O4S/c1-12(27(32(3,29)30)15-7-8-16(22)17(23)10-15)20(28)26(2)11-18-24-19(25-31-18)13-5-4-6-14(21)9-13/h4-10,12H,11H2,1-3H3. The van der Waals surface area contributed by atoms with Crippen LogP contribution in [-0.2, 0) is 21.4 Å². The van der Waals surface area contributed by atoms with Gasteiger partial charge in [0.05, 0.1) is 18.5 Å². The normalized spacial score (nSPS) is 12.4. The summed E-state index contributed by atoms with van der Waals surface area (Å²) in [7, 11) is -2.56. The molecule has 32 heavy (non-hydrogen) atoms. The highest BCUT2D eigenvalue weighted by atomic mass is 79.9. The first-order valence-corrected chi connectivity index (χ1v) is 11.9. The molecular formula is C20H19BrF2N4O4S. The second kappa shape index (κ2) is 9.33. The first-order valence-electron chi connectivity index (χ1n) is 9.25. The molecule has 0 aliphatic carbocycles. The Bertz CT molecular complexity index is 1250. The molecule has 1 atom stereocenters. The molecule has 12 heteroatoms. The highest BCUT2D eigenvalue weighted by Gasteiger charge is 2.32. The van der Waals surface area contributed by atoms with E-state index >= 15 is 0 Å². The highest BCUT2D eigenvalue weighted by molar-refractivity contribution is 9.10. The van der Waals surface area contributed by atoms with Crippen molar-refractivity contribution in [2.75, 3.05) is 17.6 Å². The minimum absolute atomic E-state index is 0.0838.